The molecule has 0 fully saturated rings. The van der Waals surface area contributed by atoms with Gasteiger partial charge < -0.3 is 5.11 Å². The molecule has 0 atom stereocenters. The third-order valence-electron chi connectivity index (χ3n) is 2.20. The number of nitrogens with one attached hydrogen (secondary N) is 1. The number of aliphatic hydroxyl groups excluding tert-OH is 1. The normalized spacial score (nSPS) is 12.9. The van der Waals surface area contributed by atoms with E-state index in [4.69, 9.17) is 5.11 Å². The number of thiazole rings is 1. The van der Waals surface area contributed by atoms with Crippen molar-refractivity contribution >= 4 is 21.4 Å². The number of hydrogen-bond acceptors (Lipinski definition) is 5. The van der Waals surface area contributed by atoms with Gasteiger partial charge in [0.05, 0.1) is 11.3 Å². The number of rotatable bonds is 7. The zero-order chi connectivity index (χ0) is 12.9. The van der Waals surface area contributed by atoms with E-state index < -0.39 is 15.6 Å². The van der Waals surface area contributed by atoms with Crippen molar-refractivity contribution in [2.75, 3.05) is 12.4 Å². The van der Waals surface area contributed by atoms with E-state index in [2.05, 4.69) is 9.71 Å². The summed E-state index contributed by atoms with van der Waals surface area (Å²) in [5.41, 5.74) is -0.688. The first-order valence-corrected chi connectivity index (χ1v) is 7.93. The highest BCUT2D eigenvalue weighted by Crippen LogP contribution is 2.23. The standard InChI is InChI=1S/C10H18N2O3S2/c1-10(2,9-11-5-7-16-9)12-17(14,15)8-4-3-6-13/h5,7,12-13H,3-4,6,8H2,1-2H3. The minimum atomic E-state index is -3.33. The highest BCUT2D eigenvalue weighted by Gasteiger charge is 2.28. The molecule has 1 aromatic heterocycles. The molecule has 0 bridgehead atoms. The SMILES string of the molecule is CC(C)(NS(=O)(=O)CCCCO)c1nccs1. The van der Waals surface area contributed by atoms with E-state index in [0.29, 0.717) is 12.8 Å². The molecule has 0 amide bonds. The first-order chi connectivity index (χ1) is 7.87. The molecule has 0 aliphatic rings. The van der Waals surface area contributed by atoms with E-state index in [1.54, 1.807) is 20.0 Å². The summed E-state index contributed by atoms with van der Waals surface area (Å²) < 4.78 is 26.2. The molecule has 2 N–H and O–H groups in total. The van der Waals surface area contributed by atoms with Crippen molar-refractivity contribution in [3.63, 3.8) is 0 Å². The predicted molar refractivity (Wildman–Crippen MR) is 68.4 cm³/mol. The Morgan fingerprint density at radius 3 is 2.71 bits per heavy atom. The Kier molecular flexibility index (Phi) is 5.05. The zero-order valence-corrected chi connectivity index (χ0v) is 11.6. The minimum Gasteiger partial charge on any atom is -0.396 e. The molecule has 0 aliphatic heterocycles. The van der Waals surface area contributed by atoms with Crippen LogP contribution in [0.5, 0.6) is 0 Å². The molecule has 0 unspecified atom stereocenters. The zero-order valence-electron chi connectivity index (χ0n) is 10.0. The molecule has 0 aromatic carbocycles. The summed E-state index contributed by atoms with van der Waals surface area (Å²) in [5, 5.41) is 11.2. The second-order valence-electron chi connectivity index (χ2n) is 4.31. The summed E-state index contributed by atoms with van der Waals surface area (Å²) in [6, 6.07) is 0. The highest BCUT2D eigenvalue weighted by atomic mass is 32.2. The molecular formula is C10H18N2O3S2. The molecule has 0 spiro atoms. The maximum atomic E-state index is 11.8. The van der Waals surface area contributed by atoms with Gasteiger partial charge in [0.25, 0.3) is 0 Å². The monoisotopic (exact) mass is 278 g/mol. The molecular weight excluding hydrogens is 260 g/mol. The lowest BCUT2D eigenvalue weighted by atomic mass is 10.1. The number of nitrogens with zero attached hydrogens (tertiary/aromatic N) is 1. The molecule has 98 valence electrons. The number of aliphatic hydroxyl groups is 1. The molecule has 0 aliphatic carbocycles. The first kappa shape index (κ1) is 14.6. The summed E-state index contributed by atoms with van der Waals surface area (Å²) in [6.45, 7) is 3.59. The van der Waals surface area contributed by atoms with Crippen LogP contribution in [0.1, 0.15) is 31.7 Å². The lowest BCUT2D eigenvalue weighted by Gasteiger charge is -2.23. The molecule has 1 rings (SSSR count). The summed E-state index contributed by atoms with van der Waals surface area (Å²) in [6.07, 6.45) is 2.61. The third kappa shape index (κ3) is 4.71. The number of hydrogen-bond donors (Lipinski definition) is 2. The van der Waals surface area contributed by atoms with E-state index in [-0.39, 0.29) is 12.4 Å². The van der Waals surface area contributed by atoms with Gasteiger partial charge in [0.1, 0.15) is 5.01 Å². The van der Waals surface area contributed by atoms with Crippen molar-refractivity contribution < 1.29 is 13.5 Å². The topological polar surface area (TPSA) is 79.3 Å². The second kappa shape index (κ2) is 5.90. The third-order valence-corrected chi connectivity index (χ3v) is 4.94. The molecule has 0 saturated carbocycles. The Bertz CT molecular complexity index is 426. The van der Waals surface area contributed by atoms with Crippen LogP contribution in [-0.2, 0) is 15.6 Å². The lowest BCUT2D eigenvalue weighted by molar-refractivity contribution is 0.287. The van der Waals surface area contributed by atoms with E-state index in [1.165, 1.54) is 11.3 Å². The number of unbranched alkanes of at least 4 members (excludes halogenated alkanes) is 1. The van der Waals surface area contributed by atoms with Gasteiger partial charge in [-0.05, 0) is 26.7 Å². The minimum absolute atomic E-state index is 0.0192. The Balaban J connectivity index is 2.63. The van der Waals surface area contributed by atoms with Crippen molar-refractivity contribution in [2.24, 2.45) is 0 Å². The van der Waals surface area contributed by atoms with Gasteiger partial charge in [-0.3, -0.25) is 0 Å². The van der Waals surface area contributed by atoms with E-state index in [1.807, 2.05) is 5.38 Å². The summed E-state index contributed by atoms with van der Waals surface area (Å²) >= 11 is 1.42. The Hall–Kier alpha value is -0.500. The van der Waals surface area contributed by atoms with Gasteiger partial charge in [-0.2, -0.15) is 0 Å². The molecule has 1 heterocycles. The Labute approximate surface area is 106 Å². The quantitative estimate of drug-likeness (QED) is 0.731. The largest absolute Gasteiger partial charge is 0.396 e. The molecule has 1 aromatic rings. The van der Waals surface area contributed by atoms with Crippen LogP contribution in [0.15, 0.2) is 11.6 Å². The van der Waals surface area contributed by atoms with Crippen LogP contribution in [0.4, 0.5) is 0 Å². The van der Waals surface area contributed by atoms with Crippen LogP contribution in [0.3, 0.4) is 0 Å². The summed E-state index contributed by atoms with van der Waals surface area (Å²) in [5.74, 6) is 0.0301. The van der Waals surface area contributed by atoms with Gasteiger partial charge in [-0.25, -0.2) is 18.1 Å². The van der Waals surface area contributed by atoms with Gasteiger partial charge >= 0.3 is 0 Å². The van der Waals surface area contributed by atoms with Gasteiger partial charge in [-0.1, -0.05) is 0 Å². The maximum Gasteiger partial charge on any atom is 0.212 e. The van der Waals surface area contributed by atoms with Gasteiger partial charge in [0.2, 0.25) is 10.0 Å². The van der Waals surface area contributed by atoms with Crippen molar-refractivity contribution in [2.45, 2.75) is 32.2 Å². The van der Waals surface area contributed by atoms with Crippen LogP contribution < -0.4 is 4.72 Å². The lowest BCUT2D eigenvalue weighted by Crippen LogP contribution is -2.42. The smallest absolute Gasteiger partial charge is 0.212 e. The highest BCUT2D eigenvalue weighted by molar-refractivity contribution is 7.89. The number of aromatic nitrogens is 1. The van der Waals surface area contributed by atoms with Gasteiger partial charge in [0.15, 0.2) is 0 Å². The summed E-state index contributed by atoms with van der Waals surface area (Å²) in [7, 11) is -3.33. The maximum absolute atomic E-state index is 11.8. The molecule has 17 heavy (non-hydrogen) atoms. The van der Waals surface area contributed by atoms with Crippen LogP contribution in [0.2, 0.25) is 0 Å². The van der Waals surface area contributed by atoms with Crippen LogP contribution in [0, 0.1) is 0 Å². The number of sulfonamides is 1. The van der Waals surface area contributed by atoms with Crippen LogP contribution in [0.25, 0.3) is 0 Å². The fourth-order valence-corrected chi connectivity index (χ4v) is 3.76. The molecule has 7 heteroatoms. The van der Waals surface area contributed by atoms with E-state index in [9.17, 15) is 8.42 Å². The average Bonchev–Trinajstić information content (AvgIpc) is 2.69. The van der Waals surface area contributed by atoms with Crippen LogP contribution in [-0.4, -0.2) is 30.9 Å². The fraction of sp³-hybridized carbons (Fsp3) is 0.700. The van der Waals surface area contributed by atoms with E-state index in [0.717, 1.165) is 5.01 Å². The Morgan fingerprint density at radius 2 is 2.18 bits per heavy atom. The van der Waals surface area contributed by atoms with Crippen molar-refractivity contribution in [1.29, 1.82) is 0 Å². The van der Waals surface area contributed by atoms with Crippen molar-refractivity contribution in [3.8, 4) is 0 Å². The molecule has 0 saturated heterocycles. The fourth-order valence-electron chi connectivity index (χ4n) is 1.42. The first-order valence-electron chi connectivity index (χ1n) is 5.40. The van der Waals surface area contributed by atoms with Crippen molar-refractivity contribution in [1.82, 2.24) is 9.71 Å². The summed E-state index contributed by atoms with van der Waals surface area (Å²) in [4.78, 5) is 4.12. The Morgan fingerprint density at radius 1 is 1.47 bits per heavy atom. The van der Waals surface area contributed by atoms with Crippen molar-refractivity contribution in [3.05, 3.63) is 16.6 Å². The van der Waals surface area contributed by atoms with Crippen LogP contribution >= 0.6 is 11.3 Å². The van der Waals surface area contributed by atoms with Gasteiger partial charge in [-0.15, -0.1) is 11.3 Å². The molecule has 0 radical (unpaired) electrons. The van der Waals surface area contributed by atoms with E-state index >= 15 is 0 Å². The average molecular weight is 278 g/mol. The predicted octanol–water partition coefficient (Wildman–Crippen LogP) is 1.07. The molecule has 5 nitrogen and oxygen atoms in total. The van der Waals surface area contributed by atoms with Gasteiger partial charge in [0, 0.05) is 18.2 Å². The second-order valence-corrected chi connectivity index (χ2v) is 7.05.